The summed E-state index contributed by atoms with van der Waals surface area (Å²) >= 11 is 0. The van der Waals surface area contributed by atoms with Crippen LogP contribution in [0.15, 0.2) is 54.6 Å². The van der Waals surface area contributed by atoms with Gasteiger partial charge in [-0.25, -0.2) is 9.18 Å². The Morgan fingerprint density at radius 1 is 0.929 bits per heavy atom. The number of hydrogen-bond donors (Lipinski definition) is 3. The van der Waals surface area contributed by atoms with Gasteiger partial charge in [-0.15, -0.1) is 0 Å². The number of carboxylic acid groups (broad SMARTS) is 1. The number of halogens is 1. The molecule has 0 aliphatic heterocycles. The van der Waals surface area contributed by atoms with E-state index in [-0.39, 0.29) is 31.2 Å². The molecular formula is C21H23FN2O4. The first kappa shape index (κ1) is 21.1. The zero-order valence-corrected chi connectivity index (χ0v) is 15.5. The van der Waals surface area contributed by atoms with Crippen LogP contribution in [-0.2, 0) is 20.8 Å². The maximum absolute atomic E-state index is 12.9. The summed E-state index contributed by atoms with van der Waals surface area (Å²) in [6.07, 6.45) is -0.148. The lowest BCUT2D eigenvalue weighted by Crippen LogP contribution is -2.42. The van der Waals surface area contributed by atoms with E-state index in [1.807, 2.05) is 37.3 Å². The van der Waals surface area contributed by atoms with Gasteiger partial charge in [0.15, 0.2) is 0 Å². The van der Waals surface area contributed by atoms with E-state index in [1.54, 1.807) is 0 Å². The second-order valence-corrected chi connectivity index (χ2v) is 6.49. The fourth-order valence-corrected chi connectivity index (χ4v) is 2.69. The van der Waals surface area contributed by atoms with Crippen molar-refractivity contribution in [3.05, 3.63) is 71.5 Å². The van der Waals surface area contributed by atoms with E-state index in [4.69, 9.17) is 0 Å². The molecule has 7 heteroatoms. The number of carboxylic acids is 1. The van der Waals surface area contributed by atoms with Crippen LogP contribution in [0, 0.1) is 5.82 Å². The summed E-state index contributed by atoms with van der Waals surface area (Å²) in [5.41, 5.74) is 1.54. The normalized spacial score (nSPS) is 12.6. The molecule has 0 aliphatic rings. The predicted octanol–water partition coefficient (Wildman–Crippen LogP) is 2.60. The Morgan fingerprint density at radius 3 is 2.07 bits per heavy atom. The monoisotopic (exact) mass is 386 g/mol. The van der Waals surface area contributed by atoms with Gasteiger partial charge in [0, 0.05) is 19.3 Å². The maximum atomic E-state index is 12.9. The van der Waals surface area contributed by atoms with Crippen molar-refractivity contribution in [1.82, 2.24) is 10.6 Å². The Kier molecular flexibility index (Phi) is 7.68. The van der Waals surface area contributed by atoms with Crippen molar-refractivity contribution in [2.75, 3.05) is 0 Å². The van der Waals surface area contributed by atoms with Crippen LogP contribution in [0.1, 0.15) is 36.9 Å². The zero-order chi connectivity index (χ0) is 20.5. The summed E-state index contributed by atoms with van der Waals surface area (Å²) in [6, 6.07) is 13.5. The van der Waals surface area contributed by atoms with Gasteiger partial charge in [0.1, 0.15) is 11.9 Å². The summed E-state index contributed by atoms with van der Waals surface area (Å²) in [4.78, 5) is 35.5. The molecule has 0 spiro atoms. The average molecular weight is 386 g/mol. The molecule has 0 fully saturated rings. The molecule has 2 aromatic rings. The lowest BCUT2D eigenvalue weighted by molar-refractivity contribution is -0.141. The molecule has 0 saturated carbocycles. The van der Waals surface area contributed by atoms with Gasteiger partial charge in [-0.3, -0.25) is 9.59 Å². The smallest absolute Gasteiger partial charge is 0.326 e. The largest absolute Gasteiger partial charge is 0.480 e. The van der Waals surface area contributed by atoms with E-state index >= 15 is 0 Å². The molecule has 0 radical (unpaired) electrons. The third-order valence-electron chi connectivity index (χ3n) is 4.24. The highest BCUT2D eigenvalue weighted by molar-refractivity contribution is 5.87. The van der Waals surface area contributed by atoms with E-state index in [0.29, 0.717) is 5.56 Å². The molecule has 0 unspecified atom stereocenters. The fourth-order valence-electron chi connectivity index (χ4n) is 2.69. The molecule has 148 valence electrons. The van der Waals surface area contributed by atoms with Crippen molar-refractivity contribution in [2.45, 2.75) is 38.3 Å². The summed E-state index contributed by atoms with van der Waals surface area (Å²) in [5, 5.41) is 14.5. The number of rotatable bonds is 9. The molecular weight excluding hydrogens is 363 g/mol. The topological polar surface area (TPSA) is 95.5 Å². The average Bonchev–Trinajstić information content (AvgIpc) is 2.68. The van der Waals surface area contributed by atoms with Crippen LogP contribution in [0.5, 0.6) is 0 Å². The van der Waals surface area contributed by atoms with Crippen LogP contribution in [0.3, 0.4) is 0 Å². The minimum Gasteiger partial charge on any atom is -0.480 e. The molecule has 2 amide bonds. The van der Waals surface area contributed by atoms with E-state index in [2.05, 4.69) is 10.6 Å². The van der Waals surface area contributed by atoms with Crippen molar-refractivity contribution in [2.24, 2.45) is 0 Å². The number of benzene rings is 2. The highest BCUT2D eigenvalue weighted by Crippen LogP contribution is 2.11. The fraction of sp³-hybridized carbons (Fsp3) is 0.286. The van der Waals surface area contributed by atoms with Crippen LogP contribution in [0.25, 0.3) is 0 Å². The van der Waals surface area contributed by atoms with Gasteiger partial charge >= 0.3 is 5.97 Å². The molecule has 2 atom stereocenters. The zero-order valence-electron chi connectivity index (χ0n) is 15.5. The lowest BCUT2D eigenvalue weighted by Gasteiger charge is -2.16. The highest BCUT2D eigenvalue weighted by atomic mass is 19.1. The van der Waals surface area contributed by atoms with Crippen LogP contribution >= 0.6 is 0 Å². The van der Waals surface area contributed by atoms with Crippen molar-refractivity contribution in [3.8, 4) is 0 Å². The first-order chi connectivity index (χ1) is 13.3. The molecule has 0 bridgehead atoms. The summed E-state index contributed by atoms with van der Waals surface area (Å²) < 4.78 is 12.9. The van der Waals surface area contributed by atoms with Gasteiger partial charge in [-0.2, -0.15) is 0 Å². The first-order valence-corrected chi connectivity index (χ1v) is 8.96. The second kappa shape index (κ2) is 10.2. The van der Waals surface area contributed by atoms with Crippen LogP contribution in [-0.4, -0.2) is 28.9 Å². The summed E-state index contributed by atoms with van der Waals surface area (Å²) in [7, 11) is 0. The Morgan fingerprint density at radius 2 is 1.50 bits per heavy atom. The number of hydrogen-bond acceptors (Lipinski definition) is 3. The molecule has 0 heterocycles. The van der Waals surface area contributed by atoms with E-state index in [0.717, 1.165) is 5.56 Å². The standard InChI is InChI=1S/C21H23FN2O4/c1-14(16-5-3-2-4-6-16)23-19(25)11-12-20(26)24-18(21(27)28)13-15-7-9-17(22)10-8-15/h2-10,14,18H,11-13H2,1H3,(H,23,25)(H,24,26)(H,27,28)/t14-,18+/m1/s1. The quantitative estimate of drug-likeness (QED) is 0.617. The summed E-state index contributed by atoms with van der Waals surface area (Å²) in [5.74, 6) is -2.44. The molecule has 28 heavy (non-hydrogen) atoms. The van der Waals surface area contributed by atoms with E-state index < -0.39 is 23.7 Å². The highest BCUT2D eigenvalue weighted by Gasteiger charge is 2.21. The van der Waals surface area contributed by atoms with Crippen LogP contribution in [0.4, 0.5) is 4.39 Å². The molecule has 6 nitrogen and oxygen atoms in total. The van der Waals surface area contributed by atoms with Crippen molar-refractivity contribution >= 4 is 17.8 Å². The van der Waals surface area contributed by atoms with Gasteiger partial charge in [0.2, 0.25) is 11.8 Å². The molecule has 0 aromatic heterocycles. The third-order valence-corrected chi connectivity index (χ3v) is 4.24. The van der Waals surface area contributed by atoms with Gasteiger partial charge in [0.05, 0.1) is 6.04 Å². The Labute approximate surface area is 162 Å². The van der Waals surface area contributed by atoms with Crippen molar-refractivity contribution in [1.29, 1.82) is 0 Å². The van der Waals surface area contributed by atoms with Crippen LogP contribution < -0.4 is 10.6 Å². The maximum Gasteiger partial charge on any atom is 0.326 e. The van der Waals surface area contributed by atoms with Gasteiger partial charge < -0.3 is 15.7 Å². The SMILES string of the molecule is C[C@@H](NC(=O)CCC(=O)N[C@@H](Cc1ccc(F)cc1)C(=O)O)c1ccccc1. The number of aliphatic carboxylic acids is 1. The van der Waals surface area contributed by atoms with Gasteiger partial charge in [-0.1, -0.05) is 42.5 Å². The Balaban J connectivity index is 1.81. The minimum atomic E-state index is -1.19. The van der Waals surface area contributed by atoms with Crippen molar-refractivity contribution in [3.63, 3.8) is 0 Å². The molecule has 2 aromatic carbocycles. The second-order valence-electron chi connectivity index (χ2n) is 6.49. The molecule has 0 saturated heterocycles. The number of carbonyl (C=O) groups excluding carboxylic acids is 2. The number of amides is 2. The third kappa shape index (κ3) is 6.83. The Hall–Kier alpha value is -3.22. The van der Waals surface area contributed by atoms with E-state index in [1.165, 1.54) is 24.3 Å². The lowest BCUT2D eigenvalue weighted by atomic mass is 10.1. The van der Waals surface area contributed by atoms with E-state index in [9.17, 15) is 23.9 Å². The molecule has 3 N–H and O–H groups in total. The molecule has 0 aliphatic carbocycles. The van der Waals surface area contributed by atoms with Gasteiger partial charge in [-0.05, 0) is 30.2 Å². The number of carbonyl (C=O) groups is 3. The Bertz CT molecular complexity index is 809. The van der Waals surface area contributed by atoms with Gasteiger partial charge in [0.25, 0.3) is 0 Å². The summed E-state index contributed by atoms with van der Waals surface area (Å²) in [6.45, 7) is 1.84. The predicted molar refractivity (Wildman–Crippen MR) is 102 cm³/mol. The molecule has 2 rings (SSSR count). The minimum absolute atomic E-state index is 0.0264. The number of nitrogens with one attached hydrogen (secondary N) is 2. The first-order valence-electron chi connectivity index (χ1n) is 8.96. The van der Waals surface area contributed by atoms with Crippen molar-refractivity contribution < 1.29 is 23.9 Å². The van der Waals surface area contributed by atoms with Crippen LogP contribution in [0.2, 0.25) is 0 Å².